The number of piperidine rings is 1. The number of aryl methyl sites for hydroxylation is 1. The molecule has 5 rings (SSSR count). The van der Waals surface area contributed by atoms with Crippen molar-refractivity contribution >= 4 is 29.0 Å². The van der Waals surface area contributed by atoms with Crippen molar-refractivity contribution in [1.82, 2.24) is 28.9 Å². The Morgan fingerprint density at radius 2 is 2.06 bits per heavy atom. The first-order chi connectivity index (χ1) is 17.3. The average molecular weight is 493 g/mol. The second kappa shape index (κ2) is 9.65. The number of imidazole rings is 1. The molecular formula is C25H32N8O3. The summed E-state index contributed by atoms with van der Waals surface area (Å²) in [7, 11) is 0. The van der Waals surface area contributed by atoms with Crippen molar-refractivity contribution in [2.75, 3.05) is 30.3 Å². The van der Waals surface area contributed by atoms with Gasteiger partial charge in [-0.1, -0.05) is 19.9 Å². The largest absolute Gasteiger partial charge is 0.465 e. The standard InChI is InChI=1S/C25H32N8O3/c1-15(2)19-11-28-33-23(27-10-18-13-32-12-16(3)4-5-22(32)29-18)8-21(30-24(19)33)26-9-17-6-7-31(25(35)36)14-20(17)34/h4-5,8,11-13,15,17,20,27,34H,6-7,9-10,14H2,1-3H3,(H,26,30)(H,35,36)/t17-,20+/m1/s1. The molecule has 1 fully saturated rings. The van der Waals surface area contributed by atoms with Crippen molar-refractivity contribution in [3.05, 3.63) is 53.6 Å². The van der Waals surface area contributed by atoms with Crippen LogP contribution < -0.4 is 10.6 Å². The molecule has 0 aliphatic carbocycles. The molecule has 4 N–H and O–H groups in total. The maximum atomic E-state index is 11.2. The Balaban J connectivity index is 1.36. The highest BCUT2D eigenvalue weighted by atomic mass is 16.4. The van der Waals surface area contributed by atoms with Crippen LogP contribution in [0.25, 0.3) is 11.3 Å². The number of fused-ring (bicyclic) bond motifs is 2. The highest BCUT2D eigenvalue weighted by Crippen LogP contribution is 2.25. The molecule has 36 heavy (non-hydrogen) atoms. The molecule has 1 aliphatic heterocycles. The van der Waals surface area contributed by atoms with E-state index >= 15 is 0 Å². The van der Waals surface area contributed by atoms with Gasteiger partial charge in [0.05, 0.1) is 31.1 Å². The van der Waals surface area contributed by atoms with E-state index in [2.05, 4.69) is 42.7 Å². The van der Waals surface area contributed by atoms with Crippen LogP contribution in [0.1, 0.15) is 43.0 Å². The lowest BCUT2D eigenvalue weighted by molar-refractivity contribution is 0.0294. The summed E-state index contributed by atoms with van der Waals surface area (Å²) in [6.07, 6.45) is 4.79. The van der Waals surface area contributed by atoms with E-state index in [0.29, 0.717) is 31.9 Å². The summed E-state index contributed by atoms with van der Waals surface area (Å²) >= 11 is 0. The van der Waals surface area contributed by atoms with E-state index in [4.69, 9.17) is 9.97 Å². The van der Waals surface area contributed by atoms with Gasteiger partial charge in [-0.25, -0.2) is 14.8 Å². The maximum absolute atomic E-state index is 11.2. The van der Waals surface area contributed by atoms with Crippen molar-refractivity contribution in [1.29, 1.82) is 0 Å². The maximum Gasteiger partial charge on any atom is 0.407 e. The normalized spacial score (nSPS) is 18.3. The number of likely N-dealkylation sites (tertiary alicyclic amines) is 1. The first kappa shape index (κ1) is 23.9. The summed E-state index contributed by atoms with van der Waals surface area (Å²) in [4.78, 5) is 22.0. The van der Waals surface area contributed by atoms with E-state index in [1.165, 1.54) is 10.5 Å². The number of β-amino-alcohol motifs (C(OH)–C–C–N with tert-alkyl or cyclic N) is 1. The molecule has 2 atom stereocenters. The van der Waals surface area contributed by atoms with E-state index in [1.807, 2.05) is 35.0 Å². The summed E-state index contributed by atoms with van der Waals surface area (Å²) in [6.45, 7) is 7.82. The number of aliphatic hydroxyl groups excluding tert-OH is 1. The molecule has 4 aromatic heterocycles. The van der Waals surface area contributed by atoms with Gasteiger partial charge in [0.2, 0.25) is 0 Å². The fourth-order valence-electron chi connectivity index (χ4n) is 4.65. The Labute approximate surface area is 208 Å². The van der Waals surface area contributed by atoms with Gasteiger partial charge < -0.3 is 30.1 Å². The summed E-state index contributed by atoms with van der Waals surface area (Å²) in [5, 5.41) is 31.0. The molecule has 1 aliphatic rings. The van der Waals surface area contributed by atoms with E-state index in [9.17, 15) is 15.0 Å². The number of hydrogen-bond donors (Lipinski definition) is 4. The van der Waals surface area contributed by atoms with Crippen LogP contribution in [0.15, 0.2) is 36.8 Å². The second-order valence-corrected chi connectivity index (χ2v) is 9.80. The zero-order valence-electron chi connectivity index (χ0n) is 20.7. The highest BCUT2D eigenvalue weighted by Gasteiger charge is 2.30. The molecule has 0 spiro atoms. The van der Waals surface area contributed by atoms with Crippen molar-refractivity contribution < 1.29 is 15.0 Å². The molecule has 11 heteroatoms. The van der Waals surface area contributed by atoms with Crippen LogP contribution in [0.5, 0.6) is 0 Å². The van der Waals surface area contributed by atoms with Crippen LogP contribution in [0.3, 0.4) is 0 Å². The van der Waals surface area contributed by atoms with Gasteiger partial charge in [0, 0.05) is 43.0 Å². The van der Waals surface area contributed by atoms with E-state index in [1.54, 1.807) is 4.52 Å². The van der Waals surface area contributed by atoms with Gasteiger partial charge in [-0.05, 0) is 30.9 Å². The quantitative estimate of drug-likeness (QED) is 0.309. The molecule has 0 aromatic carbocycles. The third-order valence-electron chi connectivity index (χ3n) is 6.76. The van der Waals surface area contributed by atoms with Crippen molar-refractivity contribution in [3.8, 4) is 0 Å². The Hall–Kier alpha value is -3.86. The number of carbonyl (C=O) groups is 1. The fourth-order valence-corrected chi connectivity index (χ4v) is 4.65. The predicted octanol–water partition coefficient (Wildman–Crippen LogP) is 3.19. The van der Waals surface area contributed by atoms with Gasteiger partial charge in [0.25, 0.3) is 0 Å². The average Bonchev–Trinajstić information content (AvgIpc) is 3.45. The SMILES string of the molecule is Cc1ccc2nc(CNc3cc(NC[C@H]4CCN(C(=O)O)C[C@@H]4O)nc4c(C(C)C)cnn34)cn2c1. The summed E-state index contributed by atoms with van der Waals surface area (Å²) in [5.41, 5.74) is 4.78. The molecule has 11 nitrogen and oxygen atoms in total. The topological polar surface area (TPSA) is 132 Å². The zero-order valence-corrected chi connectivity index (χ0v) is 20.7. The van der Waals surface area contributed by atoms with Crippen LogP contribution >= 0.6 is 0 Å². The van der Waals surface area contributed by atoms with Crippen LogP contribution in [-0.4, -0.2) is 70.9 Å². The lowest BCUT2D eigenvalue weighted by atomic mass is 9.94. The number of nitrogens with one attached hydrogen (secondary N) is 2. The number of aliphatic hydroxyl groups is 1. The summed E-state index contributed by atoms with van der Waals surface area (Å²) < 4.78 is 3.83. The third kappa shape index (κ3) is 4.78. The van der Waals surface area contributed by atoms with Gasteiger partial charge >= 0.3 is 6.09 Å². The van der Waals surface area contributed by atoms with Crippen LogP contribution in [0, 0.1) is 12.8 Å². The number of pyridine rings is 1. The minimum absolute atomic E-state index is 0.0639. The van der Waals surface area contributed by atoms with Crippen molar-refractivity contribution in [2.45, 2.75) is 45.8 Å². The monoisotopic (exact) mass is 492 g/mol. The minimum atomic E-state index is -0.994. The van der Waals surface area contributed by atoms with E-state index in [0.717, 1.165) is 28.4 Å². The molecule has 1 amide bonds. The summed E-state index contributed by atoms with van der Waals surface area (Å²) in [5.74, 6) is 1.64. The molecule has 0 saturated carbocycles. The number of nitrogens with zero attached hydrogens (tertiary/aromatic N) is 6. The van der Waals surface area contributed by atoms with Crippen molar-refractivity contribution in [3.63, 3.8) is 0 Å². The molecule has 0 unspecified atom stereocenters. The molecule has 0 bridgehead atoms. The first-order valence-corrected chi connectivity index (χ1v) is 12.2. The Bertz CT molecular complexity index is 1390. The van der Waals surface area contributed by atoms with Gasteiger partial charge in [-0.2, -0.15) is 9.61 Å². The van der Waals surface area contributed by atoms with Crippen LogP contribution in [0.2, 0.25) is 0 Å². The number of hydrogen-bond acceptors (Lipinski definition) is 7. The summed E-state index contributed by atoms with van der Waals surface area (Å²) in [6, 6.07) is 5.95. The van der Waals surface area contributed by atoms with Gasteiger partial charge in [-0.15, -0.1) is 0 Å². The van der Waals surface area contributed by atoms with Crippen molar-refractivity contribution in [2.24, 2.45) is 5.92 Å². The third-order valence-corrected chi connectivity index (χ3v) is 6.76. The molecule has 0 radical (unpaired) electrons. The fraction of sp³-hybridized carbons (Fsp3) is 0.440. The molecule has 190 valence electrons. The van der Waals surface area contributed by atoms with Crippen LogP contribution in [-0.2, 0) is 6.54 Å². The van der Waals surface area contributed by atoms with Gasteiger partial charge in [-0.3, -0.25) is 0 Å². The van der Waals surface area contributed by atoms with E-state index < -0.39 is 12.2 Å². The molecule has 5 heterocycles. The number of aromatic nitrogens is 5. The highest BCUT2D eigenvalue weighted by molar-refractivity contribution is 5.65. The predicted molar refractivity (Wildman–Crippen MR) is 137 cm³/mol. The first-order valence-electron chi connectivity index (χ1n) is 12.2. The zero-order chi connectivity index (χ0) is 25.4. The van der Waals surface area contributed by atoms with Crippen LogP contribution in [0.4, 0.5) is 16.4 Å². The molecular weight excluding hydrogens is 460 g/mol. The lowest BCUT2D eigenvalue weighted by Gasteiger charge is -2.34. The number of carboxylic acid groups (broad SMARTS) is 1. The second-order valence-electron chi connectivity index (χ2n) is 9.80. The Kier molecular flexibility index (Phi) is 6.40. The Morgan fingerprint density at radius 1 is 1.22 bits per heavy atom. The molecule has 1 saturated heterocycles. The van der Waals surface area contributed by atoms with Gasteiger partial charge in [0.1, 0.15) is 17.3 Å². The lowest BCUT2D eigenvalue weighted by Crippen LogP contribution is -2.47. The van der Waals surface area contributed by atoms with E-state index in [-0.39, 0.29) is 18.4 Å². The van der Waals surface area contributed by atoms with Gasteiger partial charge in [0.15, 0.2) is 5.65 Å². The minimum Gasteiger partial charge on any atom is -0.465 e. The number of anilines is 2. The molecule has 4 aromatic rings. The number of rotatable bonds is 7. The Morgan fingerprint density at radius 3 is 2.81 bits per heavy atom. The number of amides is 1. The smallest absolute Gasteiger partial charge is 0.407 e.